The zero-order chi connectivity index (χ0) is 20.3. The van der Waals surface area contributed by atoms with E-state index in [2.05, 4.69) is 48.2 Å². The normalized spacial score (nSPS) is 12.0. The highest BCUT2D eigenvalue weighted by atomic mass is 35.5. The van der Waals surface area contributed by atoms with Gasteiger partial charge in [-0.2, -0.15) is 0 Å². The van der Waals surface area contributed by atoms with Gasteiger partial charge >= 0.3 is 5.97 Å². The lowest BCUT2D eigenvalue weighted by Crippen LogP contribution is -2.17. The van der Waals surface area contributed by atoms with Crippen LogP contribution >= 0.6 is 11.6 Å². The maximum Gasteiger partial charge on any atom is 0.339 e. The van der Waals surface area contributed by atoms with E-state index >= 15 is 0 Å². The van der Waals surface area contributed by atoms with E-state index in [0.717, 1.165) is 0 Å². The molecule has 6 heteroatoms. The Balaban J connectivity index is 1.74. The van der Waals surface area contributed by atoms with Gasteiger partial charge in [-0.05, 0) is 43.7 Å². The average Bonchev–Trinajstić information content (AvgIpc) is 3.17. The largest absolute Gasteiger partial charge is 0.465 e. The fourth-order valence-electron chi connectivity index (χ4n) is 2.84. The van der Waals surface area contributed by atoms with E-state index in [1.165, 1.54) is 30.4 Å². The number of aryl methyl sites for hydroxylation is 1. The van der Waals surface area contributed by atoms with Crippen molar-refractivity contribution in [2.75, 3.05) is 7.11 Å². The van der Waals surface area contributed by atoms with Gasteiger partial charge in [-0.15, -0.1) is 0 Å². The van der Waals surface area contributed by atoms with Crippen LogP contribution in [-0.4, -0.2) is 13.1 Å². The molecule has 1 unspecified atom stereocenters. The zero-order valence-electron chi connectivity index (χ0n) is 15.9. The number of methoxy groups -OCH3 is 1. The highest BCUT2D eigenvalue weighted by Crippen LogP contribution is 2.30. The van der Waals surface area contributed by atoms with Crippen LogP contribution in [0.5, 0.6) is 0 Å². The zero-order valence-corrected chi connectivity index (χ0v) is 16.6. The number of benzene rings is 2. The molecule has 1 heterocycles. The first kappa shape index (κ1) is 20.1. The lowest BCUT2D eigenvalue weighted by Gasteiger charge is -2.13. The predicted octanol–water partition coefficient (Wildman–Crippen LogP) is 5.68. The minimum atomic E-state index is -0.705. The quantitative estimate of drug-likeness (QED) is 0.539. The third-order valence-electron chi connectivity index (χ3n) is 4.54. The molecule has 4 nitrogen and oxygen atoms in total. The third-order valence-corrected chi connectivity index (χ3v) is 4.92. The number of rotatable bonds is 6. The summed E-state index contributed by atoms with van der Waals surface area (Å²) in [4.78, 5) is 11.8. The maximum absolute atomic E-state index is 14.1. The van der Waals surface area contributed by atoms with Gasteiger partial charge in [0.25, 0.3) is 0 Å². The van der Waals surface area contributed by atoms with Gasteiger partial charge in [0, 0.05) is 11.6 Å². The van der Waals surface area contributed by atoms with Gasteiger partial charge in [-0.1, -0.05) is 41.4 Å². The summed E-state index contributed by atoms with van der Waals surface area (Å²) in [5.74, 6) is -0.265. The molecule has 0 spiro atoms. The Morgan fingerprint density at radius 3 is 2.61 bits per heavy atom. The van der Waals surface area contributed by atoms with Crippen LogP contribution in [0, 0.1) is 12.7 Å². The van der Waals surface area contributed by atoms with Crippen LogP contribution in [0.3, 0.4) is 0 Å². The number of nitrogens with one attached hydrogen (secondary N) is 1. The highest BCUT2D eigenvalue weighted by molar-refractivity contribution is 6.33. The van der Waals surface area contributed by atoms with Gasteiger partial charge in [-0.25, -0.2) is 9.18 Å². The van der Waals surface area contributed by atoms with Crippen molar-refractivity contribution >= 4 is 17.6 Å². The smallest absolute Gasteiger partial charge is 0.339 e. The standard InChI is InChI=1S/C22H21ClFNO3/c1-13-4-6-15(7-5-13)14(2)25-12-17-8-9-20(28-17)16-10-18(22(26)27-3)21(23)19(24)11-16/h4-11,14,25H,12H2,1-3H3. The topological polar surface area (TPSA) is 51.5 Å². The second-order valence-electron chi connectivity index (χ2n) is 6.59. The van der Waals surface area contributed by atoms with Crippen molar-refractivity contribution in [2.45, 2.75) is 26.4 Å². The van der Waals surface area contributed by atoms with Gasteiger partial charge < -0.3 is 14.5 Å². The molecule has 146 valence electrons. The predicted molar refractivity (Wildman–Crippen MR) is 107 cm³/mol. The van der Waals surface area contributed by atoms with Crippen LogP contribution in [-0.2, 0) is 11.3 Å². The number of hydrogen-bond acceptors (Lipinski definition) is 4. The van der Waals surface area contributed by atoms with Crippen molar-refractivity contribution in [1.29, 1.82) is 0 Å². The van der Waals surface area contributed by atoms with E-state index in [4.69, 9.17) is 16.0 Å². The molecule has 3 aromatic rings. The van der Waals surface area contributed by atoms with Crippen molar-refractivity contribution < 1.29 is 18.3 Å². The van der Waals surface area contributed by atoms with Crippen LogP contribution in [0.25, 0.3) is 11.3 Å². The first-order valence-electron chi connectivity index (χ1n) is 8.85. The van der Waals surface area contributed by atoms with Gasteiger partial charge in [0.1, 0.15) is 17.3 Å². The lowest BCUT2D eigenvalue weighted by atomic mass is 10.1. The number of ether oxygens (including phenoxy) is 1. The van der Waals surface area contributed by atoms with Crippen LogP contribution < -0.4 is 5.32 Å². The van der Waals surface area contributed by atoms with E-state index in [-0.39, 0.29) is 16.6 Å². The van der Waals surface area contributed by atoms with Gasteiger partial charge in [0.05, 0.1) is 24.2 Å². The van der Waals surface area contributed by atoms with Gasteiger partial charge in [0.2, 0.25) is 0 Å². The third kappa shape index (κ3) is 4.43. The summed E-state index contributed by atoms with van der Waals surface area (Å²) in [6, 6.07) is 14.7. The number of carbonyl (C=O) groups excluding carboxylic acids is 1. The summed E-state index contributed by atoms with van der Waals surface area (Å²) < 4.78 is 24.6. The van der Waals surface area contributed by atoms with Crippen molar-refractivity contribution in [3.8, 4) is 11.3 Å². The molecular weight excluding hydrogens is 381 g/mol. The molecule has 0 fully saturated rings. The van der Waals surface area contributed by atoms with Crippen LogP contribution in [0.4, 0.5) is 4.39 Å². The Morgan fingerprint density at radius 2 is 1.93 bits per heavy atom. The van der Waals surface area contributed by atoms with Crippen molar-refractivity contribution in [3.63, 3.8) is 0 Å². The Kier molecular flexibility index (Phi) is 6.17. The molecule has 0 saturated heterocycles. The van der Waals surface area contributed by atoms with E-state index in [0.29, 0.717) is 23.6 Å². The molecule has 1 atom stereocenters. The molecular formula is C22H21ClFNO3. The summed E-state index contributed by atoms with van der Waals surface area (Å²) in [6.45, 7) is 4.64. The minimum absolute atomic E-state index is 0.0387. The van der Waals surface area contributed by atoms with E-state index in [1.807, 2.05) is 6.07 Å². The molecule has 0 bridgehead atoms. The molecule has 0 radical (unpaired) electrons. The Labute approximate surface area is 168 Å². The molecule has 1 N–H and O–H groups in total. The molecule has 0 aliphatic heterocycles. The van der Waals surface area contributed by atoms with Crippen LogP contribution in [0.1, 0.15) is 40.2 Å². The lowest BCUT2D eigenvalue weighted by molar-refractivity contribution is 0.0600. The molecule has 1 aromatic heterocycles. The highest BCUT2D eigenvalue weighted by Gasteiger charge is 2.18. The molecule has 2 aromatic carbocycles. The molecule has 3 rings (SSSR count). The monoisotopic (exact) mass is 401 g/mol. The van der Waals surface area contributed by atoms with E-state index in [9.17, 15) is 9.18 Å². The van der Waals surface area contributed by atoms with Crippen LogP contribution in [0.2, 0.25) is 5.02 Å². The van der Waals surface area contributed by atoms with Crippen molar-refractivity contribution in [2.24, 2.45) is 0 Å². The van der Waals surface area contributed by atoms with Gasteiger partial charge in [0.15, 0.2) is 0 Å². The van der Waals surface area contributed by atoms with E-state index in [1.54, 1.807) is 6.07 Å². The summed E-state index contributed by atoms with van der Waals surface area (Å²) in [5, 5.41) is 3.13. The number of esters is 1. The summed E-state index contributed by atoms with van der Waals surface area (Å²) >= 11 is 5.87. The number of furan rings is 1. The first-order valence-corrected chi connectivity index (χ1v) is 9.23. The van der Waals surface area contributed by atoms with Crippen molar-refractivity contribution in [3.05, 3.63) is 81.8 Å². The SMILES string of the molecule is COC(=O)c1cc(-c2ccc(CNC(C)c3ccc(C)cc3)o2)cc(F)c1Cl. The summed E-state index contributed by atoms with van der Waals surface area (Å²) in [5.41, 5.74) is 2.77. The number of halogens is 2. The first-order chi connectivity index (χ1) is 13.4. The second-order valence-corrected chi connectivity index (χ2v) is 6.97. The fraction of sp³-hybridized carbons (Fsp3) is 0.227. The Hall–Kier alpha value is -2.63. The molecule has 0 amide bonds. The average molecular weight is 402 g/mol. The van der Waals surface area contributed by atoms with Crippen molar-refractivity contribution in [1.82, 2.24) is 5.32 Å². The molecule has 0 aliphatic carbocycles. The van der Waals surface area contributed by atoms with Crippen LogP contribution in [0.15, 0.2) is 52.9 Å². The molecule has 0 aliphatic rings. The summed E-state index contributed by atoms with van der Waals surface area (Å²) in [6.07, 6.45) is 0. The Morgan fingerprint density at radius 1 is 1.21 bits per heavy atom. The van der Waals surface area contributed by atoms with Gasteiger partial charge in [-0.3, -0.25) is 0 Å². The molecule has 28 heavy (non-hydrogen) atoms. The fourth-order valence-corrected chi connectivity index (χ4v) is 3.03. The Bertz CT molecular complexity index is 982. The second kappa shape index (κ2) is 8.59. The number of carbonyl (C=O) groups is 1. The number of hydrogen-bond donors (Lipinski definition) is 1. The molecule has 0 saturated carbocycles. The van der Waals surface area contributed by atoms with E-state index < -0.39 is 11.8 Å². The minimum Gasteiger partial charge on any atom is -0.465 e. The maximum atomic E-state index is 14.1. The summed E-state index contributed by atoms with van der Waals surface area (Å²) in [7, 11) is 1.22.